The molecule has 0 aliphatic heterocycles. The van der Waals surface area contributed by atoms with Crippen LogP contribution in [0.2, 0.25) is 0 Å². The lowest BCUT2D eigenvalue weighted by Crippen LogP contribution is -2.30. The standard InChI is InChI=1S/C19H21BrN2O3/c1-4-12(2)16-7-5-6-8-17(16)22-18(23)13(3)25-19(24)14-9-15(20)11-21-10-14/h5-13H,4H2,1-3H3,(H,22,23)/t12-,13+/m0/s1. The van der Waals surface area contributed by atoms with E-state index in [-0.39, 0.29) is 11.5 Å². The van der Waals surface area contributed by atoms with Crippen molar-refractivity contribution in [2.24, 2.45) is 0 Å². The van der Waals surface area contributed by atoms with Gasteiger partial charge in [0.15, 0.2) is 6.10 Å². The van der Waals surface area contributed by atoms with E-state index in [2.05, 4.69) is 40.1 Å². The molecule has 0 unspecified atom stereocenters. The van der Waals surface area contributed by atoms with Crippen LogP contribution < -0.4 is 5.32 Å². The summed E-state index contributed by atoms with van der Waals surface area (Å²) in [5.41, 5.74) is 2.09. The Bertz CT molecular complexity index is 764. The van der Waals surface area contributed by atoms with Crippen molar-refractivity contribution in [3.63, 3.8) is 0 Å². The first kappa shape index (κ1) is 19.1. The molecule has 1 aromatic heterocycles. The molecular formula is C19H21BrN2O3. The molecule has 1 aromatic carbocycles. The van der Waals surface area contributed by atoms with Gasteiger partial charge in [0, 0.05) is 22.6 Å². The number of carbonyl (C=O) groups excluding carboxylic acids is 2. The summed E-state index contributed by atoms with van der Waals surface area (Å²) in [5, 5.41) is 2.85. The normalized spacial score (nSPS) is 13.0. The summed E-state index contributed by atoms with van der Waals surface area (Å²) in [7, 11) is 0. The largest absolute Gasteiger partial charge is 0.449 e. The first-order valence-corrected chi connectivity index (χ1v) is 8.93. The molecule has 1 N–H and O–H groups in total. The summed E-state index contributed by atoms with van der Waals surface area (Å²) in [4.78, 5) is 28.4. The van der Waals surface area contributed by atoms with Gasteiger partial charge in [0.25, 0.3) is 5.91 Å². The zero-order valence-electron chi connectivity index (χ0n) is 14.5. The van der Waals surface area contributed by atoms with Gasteiger partial charge in [-0.05, 0) is 52.9 Å². The van der Waals surface area contributed by atoms with Crippen LogP contribution in [0.1, 0.15) is 49.0 Å². The van der Waals surface area contributed by atoms with E-state index in [1.807, 2.05) is 24.3 Å². The maximum atomic E-state index is 12.4. The van der Waals surface area contributed by atoms with Crippen molar-refractivity contribution in [3.8, 4) is 0 Å². The first-order chi connectivity index (χ1) is 11.9. The molecule has 2 atom stereocenters. The average Bonchev–Trinajstić information content (AvgIpc) is 2.61. The van der Waals surface area contributed by atoms with Crippen LogP contribution in [0.25, 0.3) is 0 Å². The number of carbonyl (C=O) groups is 2. The number of anilines is 1. The number of ether oxygens (including phenoxy) is 1. The Labute approximate surface area is 155 Å². The summed E-state index contributed by atoms with van der Waals surface area (Å²) in [6.07, 6.45) is 3.01. The Balaban J connectivity index is 2.05. The summed E-state index contributed by atoms with van der Waals surface area (Å²) >= 11 is 3.25. The second-order valence-electron chi connectivity index (χ2n) is 5.83. The highest BCUT2D eigenvalue weighted by atomic mass is 79.9. The molecular weight excluding hydrogens is 384 g/mol. The fourth-order valence-corrected chi connectivity index (χ4v) is 2.67. The Morgan fingerprint density at radius 3 is 2.64 bits per heavy atom. The molecule has 0 fully saturated rings. The van der Waals surface area contributed by atoms with Gasteiger partial charge in [-0.25, -0.2) is 4.79 Å². The van der Waals surface area contributed by atoms with Crippen molar-refractivity contribution in [1.82, 2.24) is 4.98 Å². The van der Waals surface area contributed by atoms with Crippen molar-refractivity contribution in [2.45, 2.75) is 39.2 Å². The molecule has 2 rings (SSSR count). The third kappa shape index (κ3) is 5.13. The van der Waals surface area contributed by atoms with Crippen LogP contribution in [0.15, 0.2) is 47.2 Å². The molecule has 0 aliphatic rings. The molecule has 0 saturated heterocycles. The van der Waals surface area contributed by atoms with E-state index in [0.29, 0.717) is 10.4 Å². The van der Waals surface area contributed by atoms with Gasteiger partial charge >= 0.3 is 5.97 Å². The van der Waals surface area contributed by atoms with Crippen LogP contribution in [0.4, 0.5) is 5.69 Å². The number of benzene rings is 1. The van der Waals surface area contributed by atoms with Crippen molar-refractivity contribution in [3.05, 3.63) is 58.3 Å². The van der Waals surface area contributed by atoms with Crippen molar-refractivity contribution < 1.29 is 14.3 Å². The minimum Gasteiger partial charge on any atom is -0.449 e. The van der Waals surface area contributed by atoms with Crippen LogP contribution >= 0.6 is 15.9 Å². The third-order valence-corrected chi connectivity index (χ3v) is 4.39. The minimum atomic E-state index is -0.920. The van der Waals surface area contributed by atoms with Crippen LogP contribution in [0, 0.1) is 0 Å². The zero-order chi connectivity index (χ0) is 18.4. The summed E-state index contributed by atoms with van der Waals surface area (Å²) in [5.74, 6) is -0.638. The highest BCUT2D eigenvalue weighted by Gasteiger charge is 2.20. The fourth-order valence-electron chi connectivity index (χ4n) is 2.30. The van der Waals surface area contributed by atoms with Crippen LogP contribution in [-0.4, -0.2) is 23.0 Å². The van der Waals surface area contributed by atoms with E-state index in [0.717, 1.165) is 17.7 Å². The van der Waals surface area contributed by atoms with E-state index < -0.39 is 12.1 Å². The van der Waals surface area contributed by atoms with Crippen molar-refractivity contribution in [2.75, 3.05) is 5.32 Å². The molecule has 1 heterocycles. The third-order valence-electron chi connectivity index (χ3n) is 3.96. The smallest absolute Gasteiger partial charge is 0.340 e. The van der Waals surface area contributed by atoms with Gasteiger partial charge in [0.1, 0.15) is 0 Å². The highest BCUT2D eigenvalue weighted by Crippen LogP contribution is 2.26. The first-order valence-electron chi connectivity index (χ1n) is 8.13. The van der Waals surface area contributed by atoms with Crippen LogP contribution in [0.3, 0.4) is 0 Å². The maximum absolute atomic E-state index is 12.4. The minimum absolute atomic E-state index is 0.286. The SMILES string of the molecule is CC[C@H](C)c1ccccc1NC(=O)[C@@H](C)OC(=O)c1cncc(Br)c1. The summed E-state index contributed by atoms with van der Waals surface area (Å²) < 4.78 is 5.91. The van der Waals surface area contributed by atoms with Crippen LogP contribution in [0.5, 0.6) is 0 Å². The molecule has 0 spiro atoms. The number of amides is 1. The van der Waals surface area contributed by atoms with Gasteiger partial charge in [-0.15, -0.1) is 0 Å². The molecule has 5 nitrogen and oxygen atoms in total. The second-order valence-corrected chi connectivity index (χ2v) is 6.74. The molecule has 0 saturated carbocycles. The van der Waals surface area contributed by atoms with E-state index in [9.17, 15) is 9.59 Å². The van der Waals surface area contributed by atoms with Crippen molar-refractivity contribution in [1.29, 1.82) is 0 Å². The van der Waals surface area contributed by atoms with Gasteiger partial charge < -0.3 is 10.1 Å². The van der Waals surface area contributed by atoms with Crippen molar-refractivity contribution >= 4 is 33.5 Å². The number of para-hydroxylation sites is 1. The van der Waals surface area contributed by atoms with E-state index in [4.69, 9.17) is 4.74 Å². The fraction of sp³-hybridized carbons (Fsp3) is 0.316. The number of pyridine rings is 1. The monoisotopic (exact) mass is 404 g/mol. The lowest BCUT2D eigenvalue weighted by Gasteiger charge is -2.18. The number of rotatable bonds is 6. The Morgan fingerprint density at radius 1 is 1.24 bits per heavy atom. The van der Waals surface area contributed by atoms with E-state index in [1.165, 1.54) is 6.20 Å². The zero-order valence-corrected chi connectivity index (χ0v) is 16.0. The van der Waals surface area contributed by atoms with Gasteiger partial charge in [-0.1, -0.05) is 32.0 Å². The Hall–Kier alpha value is -2.21. The van der Waals surface area contributed by atoms with E-state index >= 15 is 0 Å². The topological polar surface area (TPSA) is 68.3 Å². The van der Waals surface area contributed by atoms with Gasteiger partial charge in [0.2, 0.25) is 0 Å². The molecule has 6 heteroatoms. The summed E-state index contributed by atoms with van der Waals surface area (Å²) in [6.45, 7) is 5.75. The number of nitrogens with one attached hydrogen (secondary N) is 1. The molecule has 132 valence electrons. The lowest BCUT2D eigenvalue weighted by molar-refractivity contribution is -0.123. The Morgan fingerprint density at radius 2 is 1.96 bits per heavy atom. The summed E-state index contributed by atoms with van der Waals surface area (Å²) in [6, 6.07) is 9.25. The number of nitrogens with zero attached hydrogens (tertiary/aromatic N) is 1. The predicted molar refractivity (Wildman–Crippen MR) is 101 cm³/mol. The second kappa shape index (κ2) is 8.76. The number of esters is 1. The average molecular weight is 405 g/mol. The predicted octanol–water partition coefficient (Wildman–Crippen LogP) is 4.54. The lowest BCUT2D eigenvalue weighted by atomic mass is 9.97. The molecule has 0 aliphatic carbocycles. The van der Waals surface area contributed by atoms with Gasteiger partial charge in [-0.2, -0.15) is 0 Å². The molecule has 0 radical (unpaired) electrons. The van der Waals surface area contributed by atoms with Crippen LogP contribution in [-0.2, 0) is 9.53 Å². The quantitative estimate of drug-likeness (QED) is 0.717. The molecule has 2 aromatic rings. The number of hydrogen-bond acceptors (Lipinski definition) is 4. The number of aromatic nitrogens is 1. The Kier molecular flexibility index (Phi) is 6.70. The van der Waals surface area contributed by atoms with Gasteiger partial charge in [0.05, 0.1) is 5.56 Å². The van der Waals surface area contributed by atoms with Gasteiger partial charge in [-0.3, -0.25) is 9.78 Å². The number of hydrogen-bond donors (Lipinski definition) is 1. The molecule has 0 bridgehead atoms. The molecule has 25 heavy (non-hydrogen) atoms. The highest BCUT2D eigenvalue weighted by molar-refractivity contribution is 9.10. The molecule has 1 amide bonds. The number of halogens is 1. The maximum Gasteiger partial charge on any atom is 0.340 e. The van der Waals surface area contributed by atoms with E-state index in [1.54, 1.807) is 19.2 Å².